The van der Waals surface area contributed by atoms with Gasteiger partial charge in [-0.25, -0.2) is 0 Å². The zero-order valence-corrected chi connectivity index (χ0v) is 21.8. The van der Waals surface area contributed by atoms with Gasteiger partial charge in [0, 0.05) is 49.7 Å². The summed E-state index contributed by atoms with van der Waals surface area (Å²) in [5, 5.41) is 6.36. The maximum atomic E-state index is 13.7. The number of aromatic nitrogens is 3. The molecule has 5 rings (SSSR count). The number of alkyl halides is 3. The van der Waals surface area contributed by atoms with Gasteiger partial charge in [0.15, 0.2) is 7.14 Å². The molecule has 1 saturated heterocycles. The Morgan fingerprint density at radius 3 is 2.61 bits per heavy atom. The first-order chi connectivity index (χ1) is 18.2. The van der Waals surface area contributed by atoms with Gasteiger partial charge in [-0.05, 0) is 49.6 Å². The predicted octanol–water partition coefficient (Wildman–Crippen LogP) is 5.59. The van der Waals surface area contributed by atoms with Crippen LogP contribution in [-0.2, 0) is 15.5 Å². The van der Waals surface area contributed by atoms with E-state index in [0.717, 1.165) is 19.0 Å². The smallest absolute Gasteiger partial charge is 0.418 e. The minimum Gasteiger partial charge on any atom is -0.495 e. The fraction of sp³-hybridized carbons (Fsp3) is 0.360. The average molecular weight is 549 g/mol. The van der Waals surface area contributed by atoms with Crippen LogP contribution >= 0.6 is 7.14 Å². The van der Waals surface area contributed by atoms with Crippen LogP contribution in [0.4, 0.5) is 30.6 Å². The molecule has 0 amide bonds. The zero-order chi connectivity index (χ0) is 26.9. The van der Waals surface area contributed by atoms with Crippen LogP contribution in [0.15, 0.2) is 48.4 Å². The number of rotatable bonds is 7. The van der Waals surface area contributed by atoms with Crippen molar-refractivity contribution in [2.45, 2.75) is 32.0 Å². The molecule has 1 fully saturated rings. The van der Waals surface area contributed by atoms with Crippen molar-refractivity contribution in [2.24, 2.45) is 0 Å². The van der Waals surface area contributed by atoms with Gasteiger partial charge in [-0.15, -0.1) is 0 Å². The maximum Gasteiger partial charge on any atom is 0.418 e. The van der Waals surface area contributed by atoms with E-state index in [1.54, 1.807) is 36.8 Å². The van der Waals surface area contributed by atoms with Crippen molar-refractivity contribution < 1.29 is 27.2 Å². The summed E-state index contributed by atoms with van der Waals surface area (Å²) >= 11 is 0. The van der Waals surface area contributed by atoms with Gasteiger partial charge in [-0.3, -0.25) is 0 Å². The van der Waals surface area contributed by atoms with Crippen LogP contribution in [0.2, 0.25) is 0 Å². The number of nitrogens with zero attached hydrogens (tertiary/aromatic N) is 3. The number of anilines is 3. The molecule has 3 aromatic rings. The van der Waals surface area contributed by atoms with Crippen molar-refractivity contribution in [3.05, 3.63) is 54.0 Å². The van der Waals surface area contributed by atoms with Crippen LogP contribution in [0.25, 0.3) is 11.0 Å². The topological polar surface area (TPSA) is 104 Å². The lowest BCUT2D eigenvalue weighted by molar-refractivity contribution is -0.136. The van der Waals surface area contributed by atoms with E-state index >= 15 is 0 Å². The normalized spacial score (nSPS) is 17.7. The quantitative estimate of drug-likeness (QED) is 0.329. The molecule has 3 N–H and O–H groups in total. The third kappa shape index (κ3) is 5.10. The van der Waals surface area contributed by atoms with E-state index in [-0.39, 0.29) is 22.8 Å². The average Bonchev–Trinajstić information content (AvgIpc) is 3.35. The molecule has 4 heterocycles. The van der Waals surface area contributed by atoms with Crippen LogP contribution in [0.5, 0.6) is 5.75 Å². The molecular formula is C25H28F3N6O3P. The highest BCUT2D eigenvalue weighted by atomic mass is 31.2. The van der Waals surface area contributed by atoms with Gasteiger partial charge >= 0.3 is 6.18 Å². The van der Waals surface area contributed by atoms with Gasteiger partial charge in [-0.1, -0.05) is 0 Å². The third-order valence-corrected chi connectivity index (χ3v) is 8.79. The lowest BCUT2D eigenvalue weighted by Gasteiger charge is -2.33. The van der Waals surface area contributed by atoms with Crippen LogP contribution in [0.3, 0.4) is 0 Å². The molecule has 0 spiro atoms. The lowest BCUT2D eigenvalue weighted by Crippen LogP contribution is -2.33. The second-order valence-electron chi connectivity index (χ2n) is 8.96. The number of methoxy groups -OCH3 is 1. The standard InChI is InChI=1S/C25H28F3N6O3P/c1-3-29-22-21-18(25(26,27)28)15-30-23(21)33-24(32-22)31-19-5-4-17(14-20(19)36-2)38(35)12-8-34(9-13-38)16-6-10-37-11-7-16/h4-5,8-9,12-16H,3,6-7,10-11H2,1-2H3,(H3,29,30,31,32,33). The molecule has 2 aliphatic rings. The highest BCUT2D eigenvalue weighted by molar-refractivity contribution is 7.77. The molecule has 0 radical (unpaired) electrons. The molecule has 13 heteroatoms. The summed E-state index contributed by atoms with van der Waals surface area (Å²) in [4.78, 5) is 13.2. The van der Waals surface area contributed by atoms with Crippen LogP contribution in [-0.4, -0.2) is 52.8 Å². The summed E-state index contributed by atoms with van der Waals surface area (Å²) in [6, 6.07) is 5.42. The Hall–Kier alpha value is -3.50. The van der Waals surface area contributed by atoms with Gasteiger partial charge in [0.25, 0.3) is 0 Å². The first-order valence-electron chi connectivity index (χ1n) is 12.2. The summed E-state index contributed by atoms with van der Waals surface area (Å²) in [6.45, 7) is 3.56. The largest absolute Gasteiger partial charge is 0.495 e. The molecular weight excluding hydrogens is 520 g/mol. The summed E-state index contributed by atoms with van der Waals surface area (Å²) in [7, 11) is -1.47. The molecule has 2 aromatic heterocycles. The van der Waals surface area contributed by atoms with Crippen LogP contribution in [0, 0.1) is 0 Å². The summed E-state index contributed by atoms with van der Waals surface area (Å²) in [5.41, 5.74) is -0.330. The Labute approximate surface area is 217 Å². The minimum atomic E-state index is -4.55. The van der Waals surface area contributed by atoms with Crippen molar-refractivity contribution in [1.29, 1.82) is 0 Å². The van der Waals surface area contributed by atoms with E-state index in [1.807, 2.05) is 12.4 Å². The minimum absolute atomic E-state index is 0.0392. The fourth-order valence-electron chi connectivity index (χ4n) is 4.58. The zero-order valence-electron chi connectivity index (χ0n) is 20.9. The van der Waals surface area contributed by atoms with E-state index < -0.39 is 18.9 Å². The van der Waals surface area contributed by atoms with Crippen LogP contribution in [0.1, 0.15) is 25.3 Å². The van der Waals surface area contributed by atoms with E-state index in [1.165, 1.54) is 7.11 Å². The van der Waals surface area contributed by atoms with E-state index in [9.17, 15) is 17.7 Å². The Morgan fingerprint density at radius 2 is 1.95 bits per heavy atom. The molecule has 202 valence electrons. The number of H-pyrrole nitrogens is 1. The van der Waals surface area contributed by atoms with Crippen molar-refractivity contribution in [3.8, 4) is 5.75 Å². The van der Waals surface area contributed by atoms with E-state index in [4.69, 9.17) is 9.47 Å². The number of benzene rings is 1. The molecule has 0 atom stereocenters. The number of hydrogen-bond acceptors (Lipinski definition) is 8. The van der Waals surface area contributed by atoms with Gasteiger partial charge in [-0.2, -0.15) is 23.1 Å². The maximum absolute atomic E-state index is 13.7. The van der Waals surface area contributed by atoms with Gasteiger partial charge in [0.1, 0.15) is 17.2 Å². The molecule has 38 heavy (non-hydrogen) atoms. The molecule has 0 saturated carbocycles. The second kappa shape index (κ2) is 10.3. The third-order valence-electron chi connectivity index (χ3n) is 6.55. The monoisotopic (exact) mass is 548 g/mol. The predicted molar refractivity (Wildman–Crippen MR) is 141 cm³/mol. The van der Waals surface area contributed by atoms with Crippen LogP contribution < -0.4 is 20.7 Å². The number of aromatic amines is 1. The molecule has 2 aliphatic heterocycles. The number of fused-ring (bicyclic) bond motifs is 1. The first-order valence-corrected chi connectivity index (χ1v) is 14.1. The number of hydrogen-bond donors (Lipinski definition) is 3. The highest BCUT2D eigenvalue weighted by Crippen LogP contribution is 2.51. The number of halogens is 3. The Morgan fingerprint density at radius 1 is 1.21 bits per heavy atom. The Bertz CT molecular complexity index is 1410. The molecule has 9 nitrogen and oxygen atoms in total. The van der Waals surface area contributed by atoms with Crippen molar-refractivity contribution in [3.63, 3.8) is 0 Å². The number of nitrogens with one attached hydrogen (secondary N) is 3. The van der Waals surface area contributed by atoms with Crippen molar-refractivity contribution in [1.82, 2.24) is 19.9 Å². The fourth-order valence-corrected chi connectivity index (χ4v) is 6.35. The first kappa shape index (κ1) is 26.1. The molecule has 0 unspecified atom stereocenters. The summed E-state index contributed by atoms with van der Waals surface area (Å²) < 4.78 is 65.1. The van der Waals surface area contributed by atoms with Crippen molar-refractivity contribution in [2.75, 3.05) is 37.5 Å². The van der Waals surface area contributed by atoms with E-state index in [0.29, 0.717) is 42.5 Å². The summed E-state index contributed by atoms with van der Waals surface area (Å²) in [5.74, 6) is 3.98. The Kier molecular flexibility index (Phi) is 7.11. The van der Waals surface area contributed by atoms with Gasteiger partial charge in [0.05, 0.1) is 23.7 Å². The number of ether oxygens (including phenoxy) is 2. The molecule has 1 aromatic carbocycles. The molecule has 0 aliphatic carbocycles. The lowest BCUT2D eigenvalue weighted by atomic mass is 10.1. The van der Waals surface area contributed by atoms with E-state index in [2.05, 4.69) is 30.5 Å². The second-order valence-corrected chi connectivity index (χ2v) is 11.5. The highest BCUT2D eigenvalue weighted by Gasteiger charge is 2.35. The summed E-state index contributed by atoms with van der Waals surface area (Å²) in [6.07, 6.45) is 1.89. The van der Waals surface area contributed by atoms with Crippen molar-refractivity contribution >= 4 is 40.9 Å². The molecule has 0 bridgehead atoms. The Balaban J connectivity index is 1.41. The van der Waals surface area contributed by atoms with Gasteiger partial charge < -0.3 is 34.6 Å². The van der Waals surface area contributed by atoms with Gasteiger partial charge in [0.2, 0.25) is 5.95 Å². The SMILES string of the molecule is CCNc1nc(Nc2ccc(P3(=O)C=CN(C4CCOCC4)C=C3)cc2OC)nc2[nH]cc(C(F)(F)F)c12.